The van der Waals surface area contributed by atoms with Gasteiger partial charge in [0.15, 0.2) is 0 Å². The highest BCUT2D eigenvalue weighted by Crippen LogP contribution is 2.35. The third-order valence-electron chi connectivity index (χ3n) is 4.43. The lowest BCUT2D eigenvalue weighted by Gasteiger charge is -2.16. The van der Waals surface area contributed by atoms with Crippen LogP contribution < -0.4 is 4.74 Å². The molecule has 1 aliphatic heterocycles. The molecule has 1 heteroatoms. The van der Waals surface area contributed by atoms with Crippen molar-refractivity contribution in [2.45, 2.75) is 18.8 Å². The van der Waals surface area contributed by atoms with Gasteiger partial charge >= 0.3 is 0 Å². The Morgan fingerprint density at radius 1 is 0.810 bits per heavy atom. The first-order valence-corrected chi connectivity index (χ1v) is 7.60. The summed E-state index contributed by atoms with van der Waals surface area (Å²) in [6, 6.07) is 23.8. The Hall–Kier alpha value is -2.28. The van der Waals surface area contributed by atoms with E-state index in [1.807, 2.05) is 0 Å². The van der Waals surface area contributed by atoms with Crippen LogP contribution in [0.1, 0.15) is 23.5 Å². The summed E-state index contributed by atoms with van der Waals surface area (Å²) in [7, 11) is 0. The molecule has 0 saturated heterocycles. The quantitative estimate of drug-likeness (QED) is 0.610. The van der Waals surface area contributed by atoms with Crippen molar-refractivity contribution in [3.05, 3.63) is 77.9 Å². The van der Waals surface area contributed by atoms with Crippen molar-refractivity contribution in [1.29, 1.82) is 0 Å². The Bertz CT molecular complexity index is 770. The van der Waals surface area contributed by atoms with Gasteiger partial charge in [-0.1, -0.05) is 60.7 Å². The molecule has 0 aliphatic carbocycles. The zero-order valence-corrected chi connectivity index (χ0v) is 12.0. The molecule has 0 aromatic heterocycles. The molecule has 0 N–H and O–H groups in total. The van der Waals surface area contributed by atoms with E-state index in [1.54, 1.807) is 0 Å². The smallest absolute Gasteiger partial charge is 0.122 e. The summed E-state index contributed by atoms with van der Waals surface area (Å²) in [4.78, 5) is 0. The SMILES string of the molecule is c1ccc2c(c1)C[C@@H](c1cccc3ccccc13)CCO2. The molecule has 0 saturated carbocycles. The molecule has 1 nitrogen and oxygen atoms in total. The van der Waals surface area contributed by atoms with Crippen LogP contribution in [-0.2, 0) is 6.42 Å². The van der Waals surface area contributed by atoms with E-state index < -0.39 is 0 Å². The minimum atomic E-state index is 0.528. The molecule has 0 bridgehead atoms. The molecule has 3 aromatic carbocycles. The highest BCUT2D eigenvalue weighted by atomic mass is 16.5. The summed E-state index contributed by atoms with van der Waals surface area (Å²) in [5.41, 5.74) is 2.78. The number of rotatable bonds is 1. The van der Waals surface area contributed by atoms with Crippen LogP contribution >= 0.6 is 0 Å². The van der Waals surface area contributed by atoms with E-state index >= 15 is 0 Å². The van der Waals surface area contributed by atoms with Crippen LogP contribution in [0.5, 0.6) is 5.75 Å². The van der Waals surface area contributed by atoms with Crippen LogP contribution in [0.25, 0.3) is 10.8 Å². The van der Waals surface area contributed by atoms with Gasteiger partial charge in [-0.25, -0.2) is 0 Å². The highest BCUT2D eigenvalue weighted by Gasteiger charge is 2.20. The van der Waals surface area contributed by atoms with Crippen molar-refractivity contribution in [2.24, 2.45) is 0 Å². The molecule has 104 valence electrons. The molecule has 1 aliphatic rings. The summed E-state index contributed by atoms with van der Waals surface area (Å²) in [6.07, 6.45) is 2.13. The predicted octanol–water partition coefficient (Wildman–Crippen LogP) is 4.95. The number of fused-ring (bicyclic) bond motifs is 2. The fraction of sp³-hybridized carbons (Fsp3) is 0.200. The molecule has 0 fully saturated rings. The molecular weight excluding hydrogens is 256 g/mol. The van der Waals surface area contributed by atoms with Crippen molar-refractivity contribution >= 4 is 10.8 Å². The number of benzene rings is 3. The van der Waals surface area contributed by atoms with Gasteiger partial charge in [-0.3, -0.25) is 0 Å². The maximum absolute atomic E-state index is 5.91. The molecule has 4 rings (SSSR count). The van der Waals surface area contributed by atoms with E-state index in [9.17, 15) is 0 Å². The number of hydrogen-bond acceptors (Lipinski definition) is 1. The number of ether oxygens (including phenoxy) is 1. The Labute approximate surface area is 125 Å². The first-order chi connectivity index (χ1) is 10.4. The largest absolute Gasteiger partial charge is 0.493 e. The molecular formula is C20H18O. The van der Waals surface area contributed by atoms with Gasteiger partial charge in [0.1, 0.15) is 5.75 Å². The Morgan fingerprint density at radius 2 is 1.62 bits per heavy atom. The van der Waals surface area contributed by atoms with Gasteiger partial charge in [-0.05, 0) is 46.7 Å². The fourth-order valence-corrected chi connectivity index (χ4v) is 3.36. The van der Waals surface area contributed by atoms with Crippen LogP contribution in [0.15, 0.2) is 66.7 Å². The second kappa shape index (κ2) is 5.25. The average molecular weight is 274 g/mol. The Morgan fingerprint density at radius 3 is 2.62 bits per heavy atom. The maximum atomic E-state index is 5.91. The summed E-state index contributed by atoms with van der Waals surface area (Å²) in [6.45, 7) is 0.797. The van der Waals surface area contributed by atoms with Crippen LogP contribution in [0, 0.1) is 0 Å². The van der Waals surface area contributed by atoms with Gasteiger partial charge < -0.3 is 4.74 Å². The second-order valence-corrected chi connectivity index (χ2v) is 5.71. The first-order valence-electron chi connectivity index (χ1n) is 7.60. The predicted molar refractivity (Wildman–Crippen MR) is 86.9 cm³/mol. The fourth-order valence-electron chi connectivity index (χ4n) is 3.36. The van der Waals surface area contributed by atoms with Gasteiger partial charge in [0.05, 0.1) is 6.61 Å². The molecule has 0 unspecified atom stereocenters. The molecule has 3 aromatic rings. The minimum absolute atomic E-state index is 0.528. The van der Waals surface area contributed by atoms with Gasteiger partial charge in [0.2, 0.25) is 0 Å². The van der Waals surface area contributed by atoms with E-state index in [-0.39, 0.29) is 0 Å². The lowest BCUT2D eigenvalue weighted by atomic mass is 9.87. The Kier molecular flexibility index (Phi) is 3.11. The number of para-hydroxylation sites is 1. The zero-order chi connectivity index (χ0) is 14.1. The Balaban J connectivity index is 1.79. The minimum Gasteiger partial charge on any atom is -0.493 e. The van der Waals surface area contributed by atoms with Gasteiger partial charge in [-0.2, -0.15) is 0 Å². The lowest BCUT2D eigenvalue weighted by molar-refractivity contribution is 0.310. The van der Waals surface area contributed by atoms with Gasteiger partial charge in [-0.15, -0.1) is 0 Å². The van der Waals surface area contributed by atoms with Gasteiger partial charge in [0.25, 0.3) is 0 Å². The van der Waals surface area contributed by atoms with E-state index in [2.05, 4.69) is 66.7 Å². The van der Waals surface area contributed by atoms with Crippen molar-refractivity contribution in [2.75, 3.05) is 6.61 Å². The van der Waals surface area contributed by atoms with Crippen LogP contribution in [-0.4, -0.2) is 6.61 Å². The van der Waals surface area contributed by atoms with Gasteiger partial charge in [0, 0.05) is 0 Å². The highest BCUT2D eigenvalue weighted by molar-refractivity contribution is 5.86. The summed E-state index contributed by atoms with van der Waals surface area (Å²) < 4.78 is 5.91. The molecule has 0 spiro atoms. The molecule has 1 heterocycles. The van der Waals surface area contributed by atoms with Crippen LogP contribution in [0.2, 0.25) is 0 Å². The lowest BCUT2D eigenvalue weighted by Crippen LogP contribution is -2.04. The van der Waals surface area contributed by atoms with Crippen molar-refractivity contribution in [3.63, 3.8) is 0 Å². The van der Waals surface area contributed by atoms with Crippen LogP contribution in [0.4, 0.5) is 0 Å². The van der Waals surface area contributed by atoms with Crippen LogP contribution in [0.3, 0.4) is 0 Å². The molecule has 21 heavy (non-hydrogen) atoms. The molecule has 1 atom stereocenters. The topological polar surface area (TPSA) is 9.23 Å². The summed E-state index contributed by atoms with van der Waals surface area (Å²) in [5, 5.41) is 2.71. The third-order valence-corrected chi connectivity index (χ3v) is 4.43. The standard InChI is InChI=1S/C20H18O/c1-3-9-18-15(6-1)8-5-10-19(18)16-12-13-21-20-11-4-2-7-17(20)14-16/h1-11,16H,12-14H2/t16-/m0/s1. The van der Waals surface area contributed by atoms with E-state index in [1.165, 1.54) is 21.9 Å². The average Bonchev–Trinajstić information content (AvgIpc) is 2.76. The normalized spacial score (nSPS) is 17.8. The third kappa shape index (κ3) is 2.29. The van der Waals surface area contributed by atoms with E-state index in [0.29, 0.717) is 5.92 Å². The van der Waals surface area contributed by atoms with E-state index in [0.717, 1.165) is 25.2 Å². The summed E-state index contributed by atoms with van der Waals surface area (Å²) >= 11 is 0. The van der Waals surface area contributed by atoms with Crippen molar-refractivity contribution in [3.8, 4) is 5.75 Å². The summed E-state index contributed by atoms with van der Waals surface area (Å²) in [5.74, 6) is 1.58. The van der Waals surface area contributed by atoms with Crippen molar-refractivity contribution < 1.29 is 4.74 Å². The van der Waals surface area contributed by atoms with E-state index in [4.69, 9.17) is 4.74 Å². The van der Waals surface area contributed by atoms with Crippen molar-refractivity contribution in [1.82, 2.24) is 0 Å². The maximum Gasteiger partial charge on any atom is 0.122 e. The second-order valence-electron chi connectivity index (χ2n) is 5.71. The molecule has 0 amide bonds. The first kappa shape index (κ1) is 12.5. The monoisotopic (exact) mass is 274 g/mol. The molecule has 0 radical (unpaired) electrons. The zero-order valence-electron chi connectivity index (χ0n) is 12.0. The number of hydrogen-bond donors (Lipinski definition) is 0.